The molecule has 0 saturated carbocycles. The third-order valence-corrected chi connectivity index (χ3v) is 4.93. The second-order valence-electron chi connectivity index (χ2n) is 6.93. The van der Waals surface area contributed by atoms with Crippen molar-refractivity contribution in [2.75, 3.05) is 11.4 Å². The number of carbonyl (C=O) groups excluding carboxylic acids is 2. The van der Waals surface area contributed by atoms with Gasteiger partial charge in [-0.1, -0.05) is 48.0 Å². The van der Waals surface area contributed by atoms with Gasteiger partial charge >= 0.3 is 0 Å². The molecule has 0 spiro atoms. The number of anilines is 1. The van der Waals surface area contributed by atoms with Gasteiger partial charge in [0.2, 0.25) is 11.8 Å². The van der Waals surface area contributed by atoms with E-state index >= 15 is 0 Å². The predicted molar refractivity (Wildman–Crippen MR) is 104 cm³/mol. The Labute approximate surface area is 159 Å². The van der Waals surface area contributed by atoms with Crippen LogP contribution in [0.2, 0.25) is 5.02 Å². The maximum atomic E-state index is 13.1. The number of hydrogen-bond acceptors (Lipinski definition) is 2. The van der Waals surface area contributed by atoms with Crippen molar-refractivity contribution < 1.29 is 9.59 Å². The third-order valence-electron chi connectivity index (χ3n) is 4.70. The smallest absolute Gasteiger partial charge is 0.228 e. The molecule has 0 N–H and O–H groups in total. The number of nitrogens with zero attached hydrogens (tertiary/aromatic N) is 2. The van der Waals surface area contributed by atoms with Gasteiger partial charge in [-0.2, -0.15) is 0 Å². The molecule has 136 valence electrons. The molecule has 4 nitrogen and oxygen atoms in total. The third kappa shape index (κ3) is 4.07. The minimum absolute atomic E-state index is 0.0294. The summed E-state index contributed by atoms with van der Waals surface area (Å²) in [5.74, 6) is -0.330. The number of hydrogen-bond donors (Lipinski definition) is 0. The molecule has 1 aliphatic rings. The highest BCUT2D eigenvalue weighted by Crippen LogP contribution is 2.29. The molecular formula is C21H23ClN2O2. The molecule has 0 aliphatic carbocycles. The van der Waals surface area contributed by atoms with E-state index in [9.17, 15) is 9.59 Å². The molecule has 2 aromatic rings. The fourth-order valence-corrected chi connectivity index (χ4v) is 3.48. The van der Waals surface area contributed by atoms with E-state index in [1.54, 1.807) is 17.0 Å². The van der Waals surface area contributed by atoms with Gasteiger partial charge in [-0.3, -0.25) is 9.59 Å². The summed E-state index contributed by atoms with van der Waals surface area (Å²) in [6.45, 7) is 4.97. The van der Waals surface area contributed by atoms with Crippen molar-refractivity contribution in [1.82, 2.24) is 4.90 Å². The minimum Gasteiger partial charge on any atom is -0.336 e. The van der Waals surface area contributed by atoms with Crippen LogP contribution in [0.25, 0.3) is 0 Å². The zero-order chi connectivity index (χ0) is 18.7. The Morgan fingerprint density at radius 3 is 2.58 bits per heavy atom. The average molecular weight is 371 g/mol. The molecule has 2 aromatic carbocycles. The van der Waals surface area contributed by atoms with Gasteiger partial charge in [0.25, 0.3) is 0 Å². The standard InChI is InChI=1S/C21H23ClN2O2/c1-15(2)23(13-16-7-4-3-5-8-16)21(26)17-11-20(25)24(14-17)19-10-6-9-18(22)12-19/h3-10,12,15,17H,11,13-14H2,1-2H3. The first kappa shape index (κ1) is 18.5. The second-order valence-corrected chi connectivity index (χ2v) is 7.37. The average Bonchev–Trinajstić information content (AvgIpc) is 3.01. The van der Waals surface area contributed by atoms with Crippen LogP contribution < -0.4 is 4.90 Å². The normalized spacial score (nSPS) is 17.0. The van der Waals surface area contributed by atoms with Crippen molar-refractivity contribution in [3.63, 3.8) is 0 Å². The Kier molecular flexibility index (Phi) is 5.62. The van der Waals surface area contributed by atoms with Crippen LogP contribution >= 0.6 is 11.6 Å². The van der Waals surface area contributed by atoms with E-state index in [4.69, 9.17) is 11.6 Å². The second kappa shape index (κ2) is 7.92. The van der Waals surface area contributed by atoms with Crippen LogP contribution in [0.5, 0.6) is 0 Å². The van der Waals surface area contributed by atoms with Crippen LogP contribution in [0.1, 0.15) is 25.8 Å². The summed E-state index contributed by atoms with van der Waals surface area (Å²) in [6.07, 6.45) is 0.239. The van der Waals surface area contributed by atoms with Gasteiger partial charge in [0, 0.05) is 36.3 Å². The zero-order valence-corrected chi connectivity index (χ0v) is 15.8. The topological polar surface area (TPSA) is 40.6 Å². The lowest BCUT2D eigenvalue weighted by atomic mass is 10.1. The zero-order valence-electron chi connectivity index (χ0n) is 15.1. The van der Waals surface area contributed by atoms with Gasteiger partial charge in [-0.15, -0.1) is 0 Å². The molecule has 0 radical (unpaired) electrons. The van der Waals surface area contributed by atoms with Crippen molar-refractivity contribution in [1.29, 1.82) is 0 Å². The van der Waals surface area contributed by atoms with Crippen molar-refractivity contribution in [3.8, 4) is 0 Å². The molecule has 1 saturated heterocycles. The molecule has 1 heterocycles. The molecule has 5 heteroatoms. The molecule has 0 aromatic heterocycles. The van der Waals surface area contributed by atoms with Gasteiger partial charge in [0.15, 0.2) is 0 Å². The largest absolute Gasteiger partial charge is 0.336 e. The minimum atomic E-state index is -0.326. The molecule has 2 amide bonds. The van der Waals surface area contributed by atoms with Gasteiger partial charge in [0.05, 0.1) is 5.92 Å². The fraction of sp³-hybridized carbons (Fsp3) is 0.333. The Hall–Kier alpha value is -2.33. The van der Waals surface area contributed by atoms with Crippen LogP contribution in [0.15, 0.2) is 54.6 Å². The van der Waals surface area contributed by atoms with E-state index in [0.29, 0.717) is 18.1 Å². The number of carbonyl (C=O) groups is 2. The summed E-state index contributed by atoms with van der Waals surface area (Å²) in [4.78, 5) is 29.1. The molecule has 1 aliphatic heterocycles. The molecule has 26 heavy (non-hydrogen) atoms. The molecule has 3 rings (SSSR count). The quantitative estimate of drug-likeness (QED) is 0.794. The van der Waals surface area contributed by atoms with E-state index in [1.165, 1.54) is 0 Å². The lowest BCUT2D eigenvalue weighted by Crippen LogP contribution is -2.41. The van der Waals surface area contributed by atoms with Crippen molar-refractivity contribution in [2.24, 2.45) is 5.92 Å². The molecular weight excluding hydrogens is 348 g/mol. The Morgan fingerprint density at radius 2 is 1.92 bits per heavy atom. The first-order valence-electron chi connectivity index (χ1n) is 8.86. The Morgan fingerprint density at radius 1 is 1.19 bits per heavy atom. The van der Waals surface area contributed by atoms with E-state index in [1.807, 2.05) is 61.2 Å². The van der Waals surface area contributed by atoms with E-state index in [-0.39, 0.29) is 30.2 Å². The van der Waals surface area contributed by atoms with Crippen molar-refractivity contribution in [3.05, 3.63) is 65.2 Å². The molecule has 1 fully saturated rings. The summed E-state index contributed by atoms with van der Waals surface area (Å²) in [5, 5.41) is 0.581. The summed E-state index contributed by atoms with van der Waals surface area (Å²) in [7, 11) is 0. The highest BCUT2D eigenvalue weighted by Gasteiger charge is 2.37. The van der Waals surface area contributed by atoms with Crippen molar-refractivity contribution >= 4 is 29.1 Å². The Bertz CT molecular complexity index is 792. The van der Waals surface area contributed by atoms with Gasteiger partial charge < -0.3 is 9.80 Å². The SMILES string of the molecule is CC(C)N(Cc1ccccc1)C(=O)C1CC(=O)N(c2cccc(Cl)c2)C1. The maximum absolute atomic E-state index is 13.1. The highest BCUT2D eigenvalue weighted by atomic mass is 35.5. The summed E-state index contributed by atoms with van der Waals surface area (Å²) >= 11 is 6.04. The number of halogens is 1. The van der Waals surface area contributed by atoms with Crippen LogP contribution in [0.3, 0.4) is 0 Å². The lowest BCUT2D eigenvalue weighted by Gasteiger charge is -2.29. The summed E-state index contributed by atoms with van der Waals surface area (Å²) in [5.41, 5.74) is 1.84. The van der Waals surface area contributed by atoms with Crippen LogP contribution in [-0.4, -0.2) is 29.3 Å². The van der Waals surface area contributed by atoms with Crippen molar-refractivity contribution in [2.45, 2.75) is 32.9 Å². The van der Waals surface area contributed by atoms with Crippen LogP contribution in [0, 0.1) is 5.92 Å². The highest BCUT2D eigenvalue weighted by molar-refractivity contribution is 6.31. The maximum Gasteiger partial charge on any atom is 0.228 e. The van der Waals surface area contributed by atoms with Gasteiger partial charge in [0.1, 0.15) is 0 Å². The fourth-order valence-electron chi connectivity index (χ4n) is 3.30. The van der Waals surface area contributed by atoms with Gasteiger partial charge in [-0.05, 0) is 37.6 Å². The first-order chi connectivity index (χ1) is 12.5. The lowest BCUT2D eigenvalue weighted by molar-refractivity contribution is -0.138. The van der Waals surface area contributed by atoms with Crippen LogP contribution in [-0.2, 0) is 16.1 Å². The Balaban J connectivity index is 1.75. The summed E-state index contributed by atoms with van der Waals surface area (Å²) < 4.78 is 0. The summed E-state index contributed by atoms with van der Waals surface area (Å²) in [6, 6.07) is 17.2. The van der Waals surface area contributed by atoms with E-state index in [0.717, 1.165) is 11.3 Å². The first-order valence-corrected chi connectivity index (χ1v) is 9.24. The predicted octanol–water partition coefficient (Wildman–Crippen LogP) is 4.13. The van der Waals surface area contributed by atoms with E-state index in [2.05, 4.69) is 0 Å². The number of rotatable bonds is 5. The molecule has 1 atom stereocenters. The van der Waals surface area contributed by atoms with Gasteiger partial charge in [-0.25, -0.2) is 0 Å². The number of benzene rings is 2. The molecule has 1 unspecified atom stereocenters. The number of amides is 2. The van der Waals surface area contributed by atoms with Crippen LogP contribution in [0.4, 0.5) is 5.69 Å². The monoisotopic (exact) mass is 370 g/mol. The van der Waals surface area contributed by atoms with E-state index < -0.39 is 0 Å². The molecule has 0 bridgehead atoms.